The van der Waals surface area contributed by atoms with E-state index in [1.54, 1.807) is 6.07 Å². The molecule has 0 unspecified atom stereocenters. The van der Waals surface area contributed by atoms with E-state index >= 15 is 0 Å². The van der Waals surface area contributed by atoms with Crippen LogP contribution in [0, 0.1) is 5.82 Å². The molecular weight excluding hydrogens is 239 g/mol. The van der Waals surface area contributed by atoms with Crippen molar-refractivity contribution < 1.29 is 4.39 Å². The van der Waals surface area contributed by atoms with Crippen molar-refractivity contribution in [3.05, 3.63) is 29.6 Å². The van der Waals surface area contributed by atoms with Crippen LogP contribution in [0.25, 0.3) is 0 Å². The maximum Gasteiger partial charge on any atom is 0.129 e. The lowest BCUT2D eigenvalue weighted by molar-refractivity contribution is 0.509. The average Bonchev–Trinajstić information content (AvgIpc) is 2.66. The Kier molecular flexibility index (Phi) is 4.14. The summed E-state index contributed by atoms with van der Waals surface area (Å²) in [6, 6.07) is 5.79. The Morgan fingerprint density at radius 1 is 1.37 bits per heavy atom. The maximum atomic E-state index is 14.1. The van der Waals surface area contributed by atoms with Crippen molar-refractivity contribution in [2.45, 2.75) is 58.7 Å². The van der Waals surface area contributed by atoms with E-state index in [0.29, 0.717) is 12.6 Å². The van der Waals surface area contributed by atoms with E-state index in [1.807, 2.05) is 12.1 Å². The molecule has 0 aliphatic carbocycles. The van der Waals surface area contributed by atoms with Crippen molar-refractivity contribution in [2.75, 3.05) is 11.4 Å². The largest absolute Gasteiger partial charge is 0.366 e. The lowest BCUT2D eigenvalue weighted by atomic mass is 10.0. The van der Waals surface area contributed by atoms with Gasteiger partial charge in [-0.2, -0.15) is 0 Å². The summed E-state index contributed by atoms with van der Waals surface area (Å²) >= 11 is 0. The second-order valence-corrected chi connectivity index (χ2v) is 6.34. The second kappa shape index (κ2) is 5.49. The number of hydrogen-bond donors (Lipinski definition) is 1. The molecule has 0 atom stereocenters. The van der Waals surface area contributed by atoms with Crippen molar-refractivity contribution >= 4 is 5.69 Å². The summed E-state index contributed by atoms with van der Waals surface area (Å²) in [7, 11) is 0. The summed E-state index contributed by atoms with van der Waals surface area (Å²) < 4.78 is 14.1. The third-order valence-corrected chi connectivity index (χ3v) is 3.97. The van der Waals surface area contributed by atoms with Crippen molar-refractivity contribution in [1.82, 2.24) is 5.32 Å². The molecule has 106 valence electrons. The Morgan fingerprint density at radius 3 is 2.68 bits per heavy atom. The van der Waals surface area contributed by atoms with Crippen LogP contribution in [0.5, 0.6) is 0 Å². The molecule has 19 heavy (non-hydrogen) atoms. The van der Waals surface area contributed by atoms with Gasteiger partial charge in [0, 0.05) is 35.9 Å². The standard InChI is InChI=1S/C16H25FN2/c1-12(2)18-11-13-14(17)7-5-8-15(13)19-10-6-9-16(19,3)4/h5,7-8,12,18H,6,9-11H2,1-4H3. The number of benzene rings is 1. The quantitative estimate of drug-likeness (QED) is 0.892. The van der Waals surface area contributed by atoms with Gasteiger partial charge >= 0.3 is 0 Å². The van der Waals surface area contributed by atoms with Gasteiger partial charge in [-0.25, -0.2) is 4.39 Å². The molecule has 1 aromatic rings. The maximum absolute atomic E-state index is 14.1. The van der Waals surface area contributed by atoms with Gasteiger partial charge < -0.3 is 10.2 Å². The minimum Gasteiger partial charge on any atom is -0.366 e. The minimum absolute atomic E-state index is 0.103. The Balaban J connectivity index is 2.31. The van der Waals surface area contributed by atoms with Gasteiger partial charge in [-0.05, 0) is 38.8 Å². The molecule has 1 N–H and O–H groups in total. The zero-order valence-electron chi connectivity index (χ0n) is 12.5. The van der Waals surface area contributed by atoms with E-state index < -0.39 is 0 Å². The summed E-state index contributed by atoms with van der Waals surface area (Å²) in [4.78, 5) is 2.35. The molecule has 1 saturated heterocycles. The molecule has 1 heterocycles. The van der Waals surface area contributed by atoms with Crippen molar-refractivity contribution in [1.29, 1.82) is 0 Å². The van der Waals surface area contributed by atoms with E-state index in [4.69, 9.17) is 0 Å². The fraction of sp³-hybridized carbons (Fsp3) is 0.625. The van der Waals surface area contributed by atoms with Crippen LogP contribution >= 0.6 is 0 Å². The number of rotatable bonds is 4. The lowest BCUT2D eigenvalue weighted by Gasteiger charge is -2.35. The van der Waals surface area contributed by atoms with E-state index in [0.717, 1.165) is 17.8 Å². The zero-order valence-corrected chi connectivity index (χ0v) is 12.5. The molecule has 1 aliphatic rings. The smallest absolute Gasteiger partial charge is 0.129 e. The first-order valence-electron chi connectivity index (χ1n) is 7.20. The van der Waals surface area contributed by atoms with E-state index in [2.05, 4.69) is 37.9 Å². The van der Waals surface area contributed by atoms with Crippen LogP contribution in [0.1, 0.15) is 46.1 Å². The molecule has 0 radical (unpaired) electrons. The fourth-order valence-electron chi connectivity index (χ4n) is 2.84. The Hall–Kier alpha value is -1.09. The van der Waals surface area contributed by atoms with Gasteiger partial charge in [0.25, 0.3) is 0 Å². The highest BCUT2D eigenvalue weighted by Crippen LogP contribution is 2.36. The molecule has 2 nitrogen and oxygen atoms in total. The monoisotopic (exact) mass is 264 g/mol. The molecule has 0 saturated carbocycles. The first-order chi connectivity index (χ1) is 8.92. The highest BCUT2D eigenvalue weighted by Gasteiger charge is 2.33. The highest BCUT2D eigenvalue weighted by atomic mass is 19.1. The summed E-state index contributed by atoms with van der Waals surface area (Å²) in [6.07, 6.45) is 2.35. The van der Waals surface area contributed by atoms with Crippen molar-refractivity contribution in [3.63, 3.8) is 0 Å². The predicted molar refractivity (Wildman–Crippen MR) is 79.0 cm³/mol. The van der Waals surface area contributed by atoms with Gasteiger partial charge in [0.05, 0.1) is 0 Å². The molecule has 1 fully saturated rings. The number of nitrogens with zero attached hydrogens (tertiary/aromatic N) is 1. The number of anilines is 1. The summed E-state index contributed by atoms with van der Waals surface area (Å²) in [5.41, 5.74) is 1.97. The normalized spacial score (nSPS) is 18.3. The van der Waals surface area contributed by atoms with Crippen molar-refractivity contribution in [2.24, 2.45) is 0 Å². The van der Waals surface area contributed by atoms with Crippen LogP contribution in [0.4, 0.5) is 10.1 Å². The van der Waals surface area contributed by atoms with Crippen LogP contribution in [0.15, 0.2) is 18.2 Å². The summed E-state index contributed by atoms with van der Waals surface area (Å²) in [5, 5.41) is 3.33. The number of halogens is 1. The summed E-state index contributed by atoms with van der Waals surface area (Å²) in [5.74, 6) is -0.103. The Morgan fingerprint density at radius 2 is 2.11 bits per heavy atom. The third kappa shape index (κ3) is 3.08. The second-order valence-electron chi connectivity index (χ2n) is 6.34. The van der Waals surface area contributed by atoms with Gasteiger partial charge in [0.2, 0.25) is 0 Å². The summed E-state index contributed by atoms with van der Waals surface area (Å²) in [6.45, 7) is 10.3. The Bertz CT molecular complexity index is 440. The molecule has 0 amide bonds. The minimum atomic E-state index is -0.103. The molecule has 0 aromatic heterocycles. The molecule has 3 heteroatoms. The fourth-order valence-corrected chi connectivity index (χ4v) is 2.84. The predicted octanol–water partition coefficient (Wildman–Crippen LogP) is 3.70. The van der Waals surface area contributed by atoms with Crippen LogP contribution in [0.2, 0.25) is 0 Å². The van der Waals surface area contributed by atoms with Gasteiger partial charge in [0.1, 0.15) is 5.82 Å². The van der Waals surface area contributed by atoms with E-state index in [1.165, 1.54) is 12.8 Å². The molecule has 1 aliphatic heterocycles. The topological polar surface area (TPSA) is 15.3 Å². The first kappa shape index (κ1) is 14.3. The molecule has 1 aromatic carbocycles. The first-order valence-corrected chi connectivity index (χ1v) is 7.20. The van der Waals surface area contributed by atoms with Crippen LogP contribution in [-0.4, -0.2) is 18.1 Å². The van der Waals surface area contributed by atoms with E-state index in [-0.39, 0.29) is 11.4 Å². The van der Waals surface area contributed by atoms with Crippen LogP contribution < -0.4 is 10.2 Å². The van der Waals surface area contributed by atoms with E-state index in [9.17, 15) is 4.39 Å². The highest BCUT2D eigenvalue weighted by molar-refractivity contribution is 5.57. The van der Waals surface area contributed by atoms with Gasteiger partial charge in [-0.1, -0.05) is 19.9 Å². The lowest BCUT2D eigenvalue weighted by Crippen LogP contribution is -2.39. The van der Waals surface area contributed by atoms with Crippen LogP contribution in [-0.2, 0) is 6.54 Å². The number of nitrogens with one attached hydrogen (secondary N) is 1. The van der Waals surface area contributed by atoms with Gasteiger partial charge in [-0.15, -0.1) is 0 Å². The molecule has 0 bridgehead atoms. The Labute approximate surface area is 116 Å². The average molecular weight is 264 g/mol. The van der Waals surface area contributed by atoms with Crippen molar-refractivity contribution in [3.8, 4) is 0 Å². The van der Waals surface area contributed by atoms with Crippen LogP contribution in [0.3, 0.4) is 0 Å². The molecule has 0 spiro atoms. The molecular formula is C16H25FN2. The number of hydrogen-bond acceptors (Lipinski definition) is 2. The van der Waals surface area contributed by atoms with Gasteiger partial charge in [-0.3, -0.25) is 0 Å². The SMILES string of the molecule is CC(C)NCc1c(F)cccc1N1CCCC1(C)C. The zero-order chi connectivity index (χ0) is 14.0. The van der Waals surface area contributed by atoms with Gasteiger partial charge in [0.15, 0.2) is 0 Å². The molecule has 2 rings (SSSR count). The third-order valence-electron chi connectivity index (χ3n) is 3.97.